The Morgan fingerprint density at radius 2 is 1.88 bits per heavy atom. The lowest BCUT2D eigenvalue weighted by atomic mass is 9.95. The average molecular weight is 596 g/mol. The summed E-state index contributed by atoms with van der Waals surface area (Å²) in [5.41, 5.74) is 6.20. The Bertz CT molecular complexity index is 1580. The first-order chi connectivity index (χ1) is 18.9. The molecule has 1 saturated carbocycles. The van der Waals surface area contributed by atoms with Gasteiger partial charge in [0.2, 0.25) is 11.8 Å². The van der Waals surface area contributed by atoms with E-state index in [0.29, 0.717) is 17.1 Å². The number of nitrogens with zero attached hydrogens (tertiary/aromatic N) is 4. The highest BCUT2D eigenvalue weighted by Crippen LogP contribution is 2.42. The summed E-state index contributed by atoms with van der Waals surface area (Å²) in [6, 6.07) is 7.24. The summed E-state index contributed by atoms with van der Waals surface area (Å²) in [5.74, 6) is -6.43. The summed E-state index contributed by atoms with van der Waals surface area (Å²) in [6.45, 7) is -0.0860. The number of rotatable bonds is 5. The van der Waals surface area contributed by atoms with Crippen LogP contribution in [0, 0.1) is 5.82 Å². The smallest absolute Gasteiger partial charge is 0.261 e. The number of carbonyl (C=O) groups excluding carboxylic acids is 1. The molecule has 0 bridgehead atoms. The summed E-state index contributed by atoms with van der Waals surface area (Å²) >= 11 is 5.97. The monoisotopic (exact) mass is 595 g/mol. The van der Waals surface area contributed by atoms with Crippen LogP contribution in [0.3, 0.4) is 0 Å². The van der Waals surface area contributed by atoms with E-state index in [1.165, 1.54) is 4.90 Å². The predicted molar refractivity (Wildman–Crippen MR) is 139 cm³/mol. The Morgan fingerprint density at radius 3 is 2.58 bits per heavy atom. The van der Waals surface area contributed by atoms with Crippen LogP contribution in [0.25, 0.3) is 11.5 Å². The van der Waals surface area contributed by atoms with E-state index in [2.05, 4.69) is 10.2 Å². The Balaban J connectivity index is 1.39. The number of alkyl halides is 2. The lowest BCUT2D eigenvalue weighted by Crippen LogP contribution is -2.47. The first kappa shape index (κ1) is 27.2. The van der Waals surface area contributed by atoms with Gasteiger partial charge in [-0.15, -0.1) is 10.2 Å². The molecule has 2 aliphatic heterocycles. The van der Waals surface area contributed by atoms with Gasteiger partial charge in [-0.3, -0.25) is 9.69 Å². The van der Waals surface area contributed by atoms with Gasteiger partial charge in [-0.1, -0.05) is 23.7 Å². The Labute approximate surface area is 233 Å². The molecule has 40 heavy (non-hydrogen) atoms. The molecular formula is C26H25ClF3N5O4S. The molecule has 0 radical (unpaired) electrons. The van der Waals surface area contributed by atoms with Crippen molar-refractivity contribution in [1.29, 1.82) is 0 Å². The van der Waals surface area contributed by atoms with Gasteiger partial charge in [-0.05, 0) is 42.7 Å². The second-order valence-corrected chi connectivity index (χ2v) is 13.0. The summed E-state index contributed by atoms with van der Waals surface area (Å²) < 4.78 is 76.2. The third kappa shape index (κ3) is 5.22. The van der Waals surface area contributed by atoms with Crippen molar-refractivity contribution in [3.63, 3.8) is 0 Å². The van der Waals surface area contributed by atoms with Gasteiger partial charge >= 0.3 is 0 Å². The fourth-order valence-corrected chi connectivity index (χ4v) is 7.04. The third-order valence-corrected chi connectivity index (χ3v) is 9.48. The van der Waals surface area contributed by atoms with E-state index in [1.54, 1.807) is 29.2 Å². The fraction of sp³-hybridized carbons (Fsp3) is 0.423. The quantitative estimate of drug-likeness (QED) is 0.473. The maximum atomic E-state index is 15.4. The minimum Gasteiger partial charge on any atom is -0.420 e. The molecule has 9 nitrogen and oxygen atoms in total. The largest absolute Gasteiger partial charge is 0.420 e. The van der Waals surface area contributed by atoms with Crippen LogP contribution in [0.2, 0.25) is 5.02 Å². The van der Waals surface area contributed by atoms with E-state index in [-0.39, 0.29) is 42.2 Å². The minimum atomic E-state index is -4.15. The molecule has 6 rings (SSSR count). The number of nitrogens with two attached hydrogens (primary N) is 1. The number of fused-ring (bicyclic) bond motifs is 1. The number of amides is 1. The number of piperidine rings is 1. The molecule has 2 fully saturated rings. The van der Waals surface area contributed by atoms with Crippen molar-refractivity contribution >= 4 is 33.0 Å². The van der Waals surface area contributed by atoms with Gasteiger partial charge in [0, 0.05) is 24.0 Å². The summed E-state index contributed by atoms with van der Waals surface area (Å²) in [5, 5.41) is 8.32. The second kappa shape index (κ2) is 9.82. The maximum absolute atomic E-state index is 15.4. The summed E-state index contributed by atoms with van der Waals surface area (Å²) in [4.78, 5) is 15.7. The minimum absolute atomic E-state index is 0.0573. The van der Waals surface area contributed by atoms with Gasteiger partial charge in [-0.25, -0.2) is 21.6 Å². The number of halogens is 4. The van der Waals surface area contributed by atoms with E-state index in [9.17, 15) is 22.0 Å². The number of benzene rings is 2. The molecule has 3 aromatic rings. The van der Waals surface area contributed by atoms with Gasteiger partial charge in [0.25, 0.3) is 11.8 Å². The highest BCUT2D eigenvalue weighted by molar-refractivity contribution is 7.91. The van der Waals surface area contributed by atoms with Crippen LogP contribution < -0.4 is 10.6 Å². The summed E-state index contributed by atoms with van der Waals surface area (Å²) in [7, 11) is -4.15. The van der Waals surface area contributed by atoms with Gasteiger partial charge < -0.3 is 15.1 Å². The number of carbonyl (C=O) groups is 1. The molecule has 2 N–H and O–H groups in total. The first-order valence-electron chi connectivity index (χ1n) is 12.7. The zero-order valence-corrected chi connectivity index (χ0v) is 22.6. The van der Waals surface area contributed by atoms with Gasteiger partial charge in [0.15, 0.2) is 9.84 Å². The molecular weight excluding hydrogens is 571 g/mol. The number of hydrogen-bond acceptors (Lipinski definition) is 8. The van der Waals surface area contributed by atoms with Crippen LogP contribution in [-0.4, -0.2) is 66.3 Å². The maximum Gasteiger partial charge on any atom is 0.261 e. The van der Waals surface area contributed by atoms with Crippen molar-refractivity contribution in [3.05, 3.63) is 58.7 Å². The van der Waals surface area contributed by atoms with Crippen LogP contribution in [0.15, 0.2) is 45.7 Å². The van der Waals surface area contributed by atoms with Crippen LogP contribution in [0.5, 0.6) is 0 Å². The van der Waals surface area contributed by atoms with Crippen LogP contribution in [0.4, 0.5) is 18.9 Å². The number of hydrogen-bond donors (Lipinski definition) is 1. The first-order valence-corrected chi connectivity index (χ1v) is 14.8. The molecule has 1 unspecified atom stereocenters. The van der Waals surface area contributed by atoms with E-state index >= 15 is 4.39 Å². The zero-order chi connectivity index (χ0) is 28.4. The number of aromatic nitrogens is 2. The highest BCUT2D eigenvalue weighted by Gasteiger charge is 2.47. The molecule has 14 heteroatoms. The van der Waals surface area contributed by atoms with E-state index in [1.807, 2.05) is 0 Å². The molecule has 212 valence electrons. The van der Waals surface area contributed by atoms with E-state index < -0.39 is 56.5 Å². The Morgan fingerprint density at radius 1 is 1.15 bits per heavy atom. The second-order valence-electron chi connectivity index (χ2n) is 10.6. The van der Waals surface area contributed by atoms with Crippen LogP contribution >= 0.6 is 11.6 Å². The molecule has 1 saturated heterocycles. The lowest BCUT2D eigenvalue weighted by molar-refractivity contribution is -0.119. The average Bonchev–Trinajstić information content (AvgIpc) is 3.64. The normalized spacial score (nSPS) is 24.5. The molecule has 3 heterocycles. The van der Waals surface area contributed by atoms with Crippen molar-refractivity contribution in [2.75, 3.05) is 23.7 Å². The number of sulfone groups is 1. The van der Waals surface area contributed by atoms with Crippen molar-refractivity contribution in [2.24, 2.45) is 5.73 Å². The molecule has 0 spiro atoms. The molecule has 2 atom stereocenters. The lowest BCUT2D eigenvalue weighted by Gasteiger charge is -2.36. The van der Waals surface area contributed by atoms with Crippen molar-refractivity contribution in [3.8, 4) is 11.5 Å². The predicted octanol–water partition coefficient (Wildman–Crippen LogP) is 3.76. The zero-order valence-electron chi connectivity index (χ0n) is 21.1. The Kier molecular flexibility index (Phi) is 6.68. The van der Waals surface area contributed by atoms with Crippen molar-refractivity contribution < 1.29 is 30.8 Å². The van der Waals surface area contributed by atoms with Gasteiger partial charge in [0.05, 0.1) is 46.9 Å². The fourth-order valence-electron chi connectivity index (χ4n) is 5.35. The number of anilines is 1. The molecule has 1 aromatic heterocycles. The standard InChI is InChI=1S/C26H25ClF3N5O4S/c27-16-3-1-14(2-4-16)10-35-21-7-18(19(28)8-22(21)40(37,38)12-20(31)25(35)36)24-33-32-23(39-24)15-9-26(29,30)13-34(11-15)17-5-6-17/h1-4,7-8,15,17,20H,5-6,9-13,31H2/t15?,20-/m0/s1. The Hall–Kier alpha value is -3.00. The van der Waals surface area contributed by atoms with Crippen LogP contribution in [-0.2, 0) is 21.2 Å². The van der Waals surface area contributed by atoms with Gasteiger partial charge in [0.1, 0.15) is 5.82 Å². The third-order valence-electron chi connectivity index (χ3n) is 7.43. The van der Waals surface area contributed by atoms with Crippen molar-refractivity contribution in [2.45, 2.75) is 54.6 Å². The van der Waals surface area contributed by atoms with Gasteiger partial charge in [-0.2, -0.15) is 0 Å². The molecule has 3 aliphatic rings. The van der Waals surface area contributed by atoms with Crippen molar-refractivity contribution in [1.82, 2.24) is 15.1 Å². The van der Waals surface area contributed by atoms with E-state index in [0.717, 1.165) is 25.0 Å². The summed E-state index contributed by atoms with van der Waals surface area (Å²) in [6.07, 6.45) is 1.23. The highest BCUT2D eigenvalue weighted by atomic mass is 35.5. The van der Waals surface area contributed by atoms with E-state index in [4.69, 9.17) is 21.8 Å². The topological polar surface area (TPSA) is 123 Å². The molecule has 1 amide bonds. The molecule has 2 aromatic carbocycles. The van der Waals surface area contributed by atoms with Crippen LogP contribution in [0.1, 0.15) is 36.6 Å². The molecule has 1 aliphatic carbocycles. The SMILES string of the molecule is N[C@H]1CS(=O)(=O)c2cc(F)c(-c3nnc(C4CN(C5CC5)CC(F)(F)C4)o3)cc2N(Cc2ccc(Cl)cc2)C1=O. The number of likely N-dealkylation sites (tertiary alicyclic amines) is 1.